The van der Waals surface area contributed by atoms with Crippen molar-refractivity contribution >= 4 is 23.3 Å². The monoisotopic (exact) mass is 350 g/mol. The average Bonchev–Trinajstić information content (AvgIpc) is 2.86. The van der Waals surface area contributed by atoms with E-state index >= 15 is 0 Å². The van der Waals surface area contributed by atoms with Crippen molar-refractivity contribution in [3.8, 4) is 22.3 Å². The Hall–Kier alpha value is -3.03. The van der Waals surface area contributed by atoms with Crippen molar-refractivity contribution in [2.24, 2.45) is 7.05 Å². The minimum Gasteiger partial charge on any atom is -0.477 e. The number of halogens is 1. The van der Waals surface area contributed by atoms with Gasteiger partial charge in [0.05, 0.1) is 6.57 Å². The van der Waals surface area contributed by atoms with Crippen molar-refractivity contribution in [3.05, 3.63) is 76.4 Å². The van der Waals surface area contributed by atoms with E-state index in [4.69, 9.17) is 18.2 Å². The van der Waals surface area contributed by atoms with E-state index in [1.165, 1.54) is 0 Å². The van der Waals surface area contributed by atoms with E-state index in [9.17, 15) is 9.90 Å². The molecule has 4 nitrogen and oxygen atoms in total. The molecule has 0 fully saturated rings. The normalized spacial score (nSPS) is 10.5. The van der Waals surface area contributed by atoms with Crippen LogP contribution in [0.1, 0.15) is 16.2 Å². The molecule has 0 aliphatic rings. The van der Waals surface area contributed by atoms with Gasteiger partial charge in [0.25, 0.3) is 0 Å². The molecule has 0 atom stereocenters. The molecule has 5 heteroatoms. The van der Waals surface area contributed by atoms with Crippen LogP contribution in [0.25, 0.3) is 27.1 Å². The van der Waals surface area contributed by atoms with Crippen LogP contribution in [0.4, 0.5) is 5.69 Å². The predicted octanol–water partition coefficient (Wildman–Crippen LogP) is 5.57. The molecule has 2 aromatic carbocycles. The smallest absolute Gasteiger partial charge is 0.351 e. The van der Waals surface area contributed by atoms with Crippen LogP contribution in [0.15, 0.2) is 48.5 Å². The Kier molecular flexibility index (Phi) is 4.35. The molecule has 124 valence electrons. The molecule has 0 saturated heterocycles. The van der Waals surface area contributed by atoms with Gasteiger partial charge in [0.2, 0.25) is 5.69 Å². The molecular weight excluding hydrogens is 336 g/mol. The van der Waals surface area contributed by atoms with E-state index in [0.29, 0.717) is 27.5 Å². The third-order valence-corrected chi connectivity index (χ3v) is 4.66. The molecule has 0 bridgehead atoms. The largest absolute Gasteiger partial charge is 0.477 e. The number of hydrogen-bond donors (Lipinski definition) is 1. The number of nitrogens with zero attached hydrogens (tertiary/aromatic N) is 2. The summed E-state index contributed by atoms with van der Waals surface area (Å²) in [6, 6.07) is 15.0. The van der Waals surface area contributed by atoms with Crippen molar-refractivity contribution in [1.82, 2.24) is 4.57 Å². The summed E-state index contributed by atoms with van der Waals surface area (Å²) in [6.45, 7) is 9.18. The molecule has 0 aliphatic heterocycles. The minimum absolute atomic E-state index is 0.119. The summed E-state index contributed by atoms with van der Waals surface area (Å²) >= 11 is 6.23. The van der Waals surface area contributed by atoms with Crippen LogP contribution >= 0.6 is 11.6 Å². The SMILES string of the molecule is [C-]#[N+]c1c(-c2ccc(-c3ccccc3Cl)cc2)c(C(=O)O)n(C)c1C. The summed E-state index contributed by atoms with van der Waals surface area (Å²) in [5, 5.41) is 10.2. The van der Waals surface area contributed by atoms with Crippen LogP contribution in [0.2, 0.25) is 5.02 Å². The summed E-state index contributed by atoms with van der Waals surface area (Å²) in [7, 11) is 1.66. The van der Waals surface area contributed by atoms with Crippen molar-refractivity contribution in [2.45, 2.75) is 6.92 Å². The number of aromatic nitrogens is 1. The summed E-state index contributed by atoms with van der Waals surface area (Å²) in [6.07, 6.45) is 0. The first-order valence-electron chi connectivity index (χ1n) is 7.61. The average molecular weight is 351 g/mol. The fraction of sp³-hybridized carbons (Fsp3) is 0.100. The van der Waals surface area contributed by atoms with Gasteiger partial charge in [-0.25, -0.2) is 9.64 Å². The number of carboxylic acid groups (broad SMARTS) is 1. The van der Waals surface area contributed by atoms with Gasteiger partial charge in [0, 0.05) is 28.9 Å². The number of hydrogen-bond acceptors (Lipinski definition) is 1. The Morgan fingerprint density at radius 1 is 1.12 bits per heavy atom. The first-order chi connectivity index (χ1) is 12.0. The molecule has 25 heavy (non-hydrogen) atoms. The first-order valence-corrected chi connectivity index (χ1v) is 7.99. The van der Waals surface area contributed by atoms with Gasteiger partial charge in [-0.3, -0.25) is 0 Å². The summed E-state index contributed by atoms with van der Waals surface area (Å²) < 4.78 is 1.55. The van der Waals surface area contributed by atoms with Crippen LogP contribution in [0.5, 0.6) is 0 Å². The van der Waals surface area contributed by atoms with Crippen LogP contribution < -0.4 is 0 Å². The van der Waals surface area contributed by atoms with Gasteiger partial charge in [-0.2, -0.15) is 0 Å². The van der Waals surface area contributed by atoms with Crippen molar-refractivity contribution in [1.29, 1.82) is 0 Å². The summed E-state index contributed by atoms with van der Waals surface area (Å²) in [5.74, 6) is -1.05. The second kappa shape index (κ2) is 6.46. The minimum atomic E-state index is -1.05. The van der Waals surface area contributed by atoms with Crippen molar-refractivity contribution in [2.75, 3.05) is 0 Å². The predicted molar refractivity (Wildman–Crippen MR) is 99.3 cm³/mol. The van der Waals surface area contributed by atoms with Crippen molar-refractivity contribution < 1.29 is 9.90 Å². The maximum atomic E-state index is 11.7. The zero-order valence-electron chi connectivity index (χ0n) is 13.7. The number of carbonyl (C=O) groups is 1. The second-order valence-electron chi connectivity index (χ2n) is 5.69. The highest BCUT2D eigenvalue weighted by molar-refractivity contribution is 6.33. The van der Waals surface area contributed by atoms with Gasteiger partial charge in [-0.1, -0.05) is 54.1 Å². The maximum Gasteiger partial charge on any atom is 0.351 e. The number of aromatic carboxylic acids is 1. The van der Waals surface area contributed by atoms with Gasteiger partial charge in [-0.15, -0.1) is 0 Å². The van der Waals surface area contributed by atoms with Gasteiger partial charge in [0.1, 0.15) is 5.69 Å². The zero-order chi connectivity index (χ0) is 18.1. The highest BCUT2D eigenvalue weighted by atomic mass is 35.5. The first kappa shape index (κ1) is 16.8. The summed E-state index contributed by atoms with van der Waals surface area (Å²) in [5.41, 5.74) is 4.11. The van der Waals surface area contributed by atoms with Crippen molar-refractivity contribution in [3.63, 3.8) is 0 Å². The number of benzene rings is 2. The van der Waals surface area contributed by atoms with Gasteiger partial charge in [0.15, 0.2) is 0 Å². The number of carboxylic acids is 1. The third-order valence-electron chi connectivity index (χ3n) is 4.33. The van der Waals surface area contributed by atoms with Gasteiger partial charge in [-0.05, 0) is 24.1 Å². The highest BCUT2D eigenvalue weighted by Gasteiger charge is 2.24. The van der Waals surface area contributed by atoms with Gasteiger partial charge >= 0.3 is 5.97 Å². The number of rotatable bonds is 3. The molecular formula is C20H15ClN2O2. The third kappa shape index (κ3) is 2.79. The fourth-order valence-electron chi connectivity index (χ4n) is 2.96. The Morgan fingerprint density at radius 2 is 1.72 bits per heavy atom. The van der Waals surface area contributed by atoms with Crippen LogP contribution in [0.3, 0.4) is 0 Å². The zero-order valence-corrected chi connectivity index (χ0v) is 14.5. The molecule has 1 heterocycles. The molecule has 0 unspecified atom stereocenters. The van der Waals surface area contributed by atoms with Gasteiger partial charge < -0.3 is 9.67 Å². The Labute approximate surface area is 150 Å². The Bertz CT molecular complexity index is 1010. The molecule has 3 rings (SSSR count). The van der Waals surface area contributed by atoms with E-state index in [2.05, 4.69) is 4.85 Å². The molecule has 0 spiro atoms. The van der Waals surface area contributed by atoms with E-state index in [0.717, 1.165) is 11.1 Å². The van der Waals surface area contributed by atoms with E-state index < -0.39 is 5.97 Å². The lowest BCUT2D eigenvalue weighted by molar-refractivity contribution is 0.0687. The molecule has 0 amide bonds. The van der Waals surface area contributed by atoms with Crippen LogP contribution in [-0.2, 0) is 7.05 Å². The molecule has 0 aliphatic carbocycles. The van der Waals surface area contributed by atoms with E-state index in [1.807, 2.05) is 48.5 Å². The van der Waals surface area contributed by atoms with E-state index in [-0.39, 0.29) is 5.69 Å². The summed E-state index contributed by atoms with van der Waals surface area (Å²) in [4.78, 5) is 15.2. The lowest BCUT2D eigenvalue weighted by Gasteiger charge is -2.08. The van der Waals surface area contributed by atoms with E-state index in [1.54, 1.807) is 18.5 Å². The quantitative estimate of drug-likeness (QED) is 0.628. The van der Waals surface area contributed by atoms with Crippen LogP contribution in [0, 0.1) is 13.5 Å². The topological polar surface area (TPSA) is 46.6 Å². The fourth-order valence-corrected chi connectivity index (χ4v) is 3.20. The lowest BCUT2D eigenvalue weighted by atomic mass is 9.99. The Morgan fingerprint density at radius 3 is 2.28 bits per heavy atom. The van der Waals surface area contributed by atoms with Crippen LogP contribution in [-0.4, -0.2) is 15.6 Å². The molecule has 1 N–H and O–H groups in total. The lowest BCUT2D eigenvalue weighted by Crippen LogP contribution is -2.06. The second-order valence-corrected chi connectivity index (χ2v) is 6.10. The maximum absolute atomic E-state index is 11.7. The molecule has 3 aromatic rings. The molecule has 0 saturated carbocycles. The molecule has 1 aromatic heterocycles. The highest BCUT2D eigenvalue weighted by Crippen LogP contribution is 2.39. The Balaban J connectivity index is 2.16. The molecule has 0 radical (unpaired) electrons. The standard InChI is InChI=1S/C20H15ClN2O2/c1-12-18(22-2)17(19(20(24)25)23(12)3)14-10-8-13(9-11-14)15-6-4-5-7-16(15)21/h4-11H,1,3H3,(H,24,25).